The number of para-hydroxylation sites is 1. The van der Waals surface area contributed by atoms with Crippen LogP contribution in [0.4, 0.5) is 45.5 Å². The van der Waals surface area contributed by atoms with Crippen molar-refractivity contribution in [1.29, 1.82) is 0 Å². The first-order valence-electron chi connectivity index (χ1n) is 24.7. The third kappa shape index (κ3) is 6.81. The topological polar surface area (TPSA) is 9.72 Å². The fraction of sp³-hybridized carbons (Fsp3) is 0.410. The van der Waals surface area contributed by atoms with Crippen LogP contribution in [0.2, 0.25) is 0 Å². The molecule has 3 nitrogen and oxygen atoms in total. The summed E-state index contributed by atoms with van der Waals surface area (Å²) >= 11 is 0. The number of anilines is 8. The predicted molar refractivity (Wildman–Crippen MR) is 283 cm³/mol. The zero-order valence-electron chi connectivity index (χ0n) is 42.0. The molecular weight excluding hydrogens is 786 g/mol. The maximum Gasteiger partial charge on any atom is 0.252 e. The minimum atomic E-state index is -0.102. The first kappa shape index (κ1) is 43.7. The third-order valence-electron chi connectivity index (χ3n) is 16.3. The SMILES string of the molecule is CC(C)(C)c1ccc(N2c3cc(N4c5ccccc5C5(C)CCCCCC45C)ccc3B3c4ccc(C(C)(C)C)cc4N(c4cccc(C(C)(C)C)c4)c4cc(C(C)(C)C)cc2c43)cc1. The van der Waals surface area contributed by atoms with E-state index in [9.17, 15) is 0 Å². The number of rotatable bonds is 3. The van der Waals surface area contributed by atoms with E-state index in [2.05, 4.69) is 233 Å². The second-order valence-electron chi connectivity index (χ2n) is 24.7. The van der Waals surface area contributed by atoms with Gasteiger partial charge in [-0.1, -0.05) is 170 Å². The van der Waals surface area contributed by atoms with Crippen LogP contribution in [0.3, 0.4) is 0 Å². The van der Waals surface area contributed by atoms with Gasteiger partial charge in [0, 0.05) is 50.9 Å². The molecule has 6 aromatic rings. The second-order valence-corrected chi connectivity index (χ2v) is 24.7. The molecule has 0 saturated heterocycles. The van der Waals surface area contributed by atoms with Crippen molar-refractivity contribution < 1.29 is 0 Å². The summed E-state index contributed by atoms with van der Waals surface area (Å²) in [6.45, 7) is 33.3. The van der Waals surface area contributed by atoms with E-state index >= 15 is 0 Å². The Hall–Kier alpha value is -5.22. The van der Waals surface area contributed by atoms with Gasteiger partial charge < -0.3 is 14.7 Å². The van der Waals surface area contributed by atoms with Crippen molar-refractivity contribution >= 4 is 68.6 Å². The molecule has 0 bridgehead atoms. The standard InChI is InChI=1S/C61H72BN3/c1-56(2,3)40-25-28-44(29-26-40)63-52-39-46(65-50-24-17-16-23-47(50)60(13)33-18-15-19-34-61(60,65)14)30-32-49(52)62-48-31-27-42(58(7,8)9)36-51(48)64(45-22-20-21-41(35-45)57(4,5)6)54-38-43(59(10,11)12)37-53(63)55(54)62/h16-17,20-32,35-39H,15,18-19,33-34H2,1-14H3. The fourth-order valence-corrected chi connectivity index (χ4v) is 12.1. The summed E-state index contributed by atoms with van der Waals surface area (Å²) in [5, 5.41) is 0. The van der Waals surface area contributed by atoms with Crippen LogP contribution in [0.25, 0.3) is 0 Å². The minimum Gasteiger partial charge on any atom is -0.334 e. The molecule has 1 saturated carbocycles. The fourth-order valence-electron chi connectivity index (χ4n) is 12.1. The highest BCUT2D eigenvalue weighted by molar-refractivity contribution is 7.00. The number of benzene rings is 6. The zero-order valence-corrected chi connectivity index (χ0v) is 42.0. The monoisotopic (exact) mass is 858 g/mol. The largest absolute Gasteiger partial charge is 0.334 e. The Morgan fingerprint density at radius 3 is 1.58 bits per heavy atom. The molecule has 334 valence electrons. The summed E-state index contributed by atoms with van der Waals surface area (Å²) in [7, 11) is 0. The maximum absolute atomic E-state index is 2.77. The van der Waals surface area contributed by atoms with Crippen LogP contribution in [0, 0.1) is 0 Å². The molecule has 0 amide bonds. The zero-order chi connectivity index (χ0) is 46.2. The van der Waals surface area contributed by atoms with Crippen LogP contribution in [-0.4, -0.2) is 12.3 Å². The number of hydrogen-bond donors (Lipinski definition) is 0. The Kier molecular flexibility index (Phi) is 9.84. The Bertz CT molecular complexity index is 2840. The summed E-state index contributed by atoms with van der Waals surface area (Å²) in [5.41, 5.74) is 21.1. The highest BCUT2D eigenvalue weighted by Gasteiger charge is 2.57. The van der Waals surface area contributed by atoms with E-state index in [-0.39, 0.29) is 39.3 Å². The van der Waals surface area contributed by atoms with Crippen LogP contribution in [0.5, 0.6) is 0 Å². The first-order valence-corrected chi connectivity index (χ1v) is 24.7. The Labute approximate surface area is 392 Å². The van der Waals surface area contributed by atoms with Crippen LogP contribution in [0.1, 0.15) is 157 Å². The van der Waals surface area contributed by atoms with Crippen molar-refractivity contribution in [3.63, 3.8) is 0 Å². The van der Waals surface area contributed by atoms with Crippen molar-refractivity contribution in [3.05, 3.63) is 149 Å². The van der Waals surface area contributed by atoms with Crippen molar-refractivity contribution in [1.82, 2.24) is 0 Å². The van der Waals surface area contributed by atoms with E-state index in [0.717, 1.165) is 0 Å². The Morgan fingerprint density at radius 1 is 0.415 bits per heavy atom. The van der Waals surface area contributed by atoms with Gasteiger partial charge in [-0.3, -0.25) is 0 Å². The van der Waals surface area contributed by atoms with E-state index < -0.39 is 0 Å². The molecule has 0 aromatic heterocycles. The van der Waals surface area contributed by atoms with Crippen molar-refractivity contribution in [2.75, 3.05) is 14.7 Å². The molecule has 6 aromatic carbocycles. The van der Waals surface area contributed by atoms with Crippen molar-refractivity contribution in [3.8, 4) is 0 Å². The lowest BCUT2D eigenvalue weighted by molar-refractivity contribution is 0.261. The highest BCUT2D eigenvalue weighted by Crippen LogP contribution is 2.60. The van der Waals surface area contributed by atoms with E-state index in [1.807, 2.05) is 0 Å². The van der Waals surface area contributed by atoms with E-state index in [1.54, 1.807) is 0 Å². The molecule has 3 aliphatic heterocycles. The molecule has 10 rings (SSSR count). The van der Waals surface area contributed by atoms with Gasteiger partial charge in [0.2, 0.25) is 0 Å². The third-order valence-corrected chi connectivity index (χ3v) is 16.3. The summed E-state index contributed by atoms with van der Waals surface area (Å²) in [6, 6.07) is 48.3. The smallest absolute Gasteiger partial charge is 0.252 e. The van der Waals surface area contributed by atoms with Crippen LogP contribution in [-0.2, 0) is 27.1 Å². The quantitative estimate of drug-likeness (QED) is 0.164. The predicted octanol–water partition coefficient (Wildman–Crippen LogP) is 15.1. The Balaban J connectivity index is 1.30. The number of nitrogens with zero attached hydrogens (tertiary/aromatic N) is 3. The lowest BCUT2D eigenvalue weighted by Crippen LogP contribution is -2.61. The Morgan fingerprint density at radius 2 is 0.938 bits per heavy atom. The summed E-state index contributed by atoms with van der Waals surface area (Å²) in [4.78, 5) is 8.04. The van der Waals surface area contributed by atoms with Gasteiger partial charge in [-0.2, -0.15) is 0 Å². The van der Waals surface area contributed by atoms with Gasteiger partial charge in [0.15, 0.2) is 0 Å². The van der Waals surface area contributed by atoms with Gasteiger partial charge in [-0.25, -0.2) is 0 Å². The summed E-state index contributed by atoms with van der Waals surface area (Å²) < 4.78 is 0. The van der Waals surface area contributed by atoms with Crippen molar-refractivity contribution in [2.24, 2.45) is 0 Å². The summed E-state index contributed by atoms with van der Waals surface area (Å²) in [5.74, 6) is 0. The normalized spacial score (nSPS) is 20.5. The first-order chi connectivity index (χ1) is 30.5. The number of hydrogen-bond acceptors (Lipinski definition) is 3. The molecule has 3 heterocycles. The molecule has 1 aliphatic carbocycles. The molecule has 4 aliphatic rings. The van der Waals surface area contributed by atoms with Crippen LogP contribution < -0.4 is 31.1 Å². The minimum absolute atomic E-state index is 0.00485. The molecule has 0 radical (unpaired) electrons. The number of fused-ring (bicyclic) bond motifs is 7. The molecule has 0 spiro atoms. The molecule has 0 N–H and O–H groups in total. The molecule has 65 heavy (non-hydrogen) atoms. The van der Waals surface area contributed by atoms with Gasteiger partial charge in [0.1, 0.15) is 0 Å². The molecule has 4 heteroatoms. The van der Waals surface area contributed by atoms with Gasteiger partial charge >= 0.3 is 0 Å². The molecular formula is C61H72BN3. The molecule has 2 atom stereocenters. The van der Waals surface area contributed by atoms with Gasteiger partial charge in [0.05, 0.1) is 5.54 Å². The average Bonchev–Trinajstić information content (AvgIpc) is 3.31. The van der Waals surface area contributed by atoms with Crippen LogP contribution in [0.15, 0.2) is 121 Å². The van der Waals surface area contributed by atoms with Crippen molar-refractivity contribution in [2.45, 2.75) is 162 Å². The van der Waals surface area contributed by atoms with Gasteiger partial charge in [0.25, 0.3) is 6.71 Å². The van der Waals surface area contributed by atoms with E-state index in [1.165, 1.54) is 122 Å². The molecule has 1 fully saturated rings. The van der Waals surface area contributed by atoms with Gasteiger partial charge in [-0.05, 0) is 146 Å². The highest BCUT2D eigenvalue weighted by atomic mass is 15.3. The summed E-state index contributed by atoms with van der Waals surface area (Å²) in [6.07, 6.45) is 6.22. The lowest BCUT2D eigenvalue weighted by Gasteiger charge is -2.48. The maximum atomic E-state index is 2.77. The lowest BCUT2D eigenvalue weighted by atomic mass is 9.33. The van der Waals surface area contributed by atoms with Crippen LogP contribution >= 0.6 is 0 Å². The molecule has 2 unspecified atom stereocenters. The van der Waals surface area contributed by atoms with E-state index in [4.69, 9.17) is 0 Å². The van der Waals surface area contributed by atoms with Gasteiger partial charge in [-0.15, -0.1) is 0 Å². The second kappa shape index (κ2) is 14.6. The van der Waals surface area contributed by atoms with E-state index in [0.29, 0.717) is 0 Å². The average molecular weight is 858 g/mol.